The molecule has 3 heterocycles. The first-order valence-electron chi connectivity index (χ1n) is 6.67. The monoisotopic (exact) mass is 278 g/mol. The molecule has 2 aliphatic rings. The molecule has 0 bridgehead atoms. The first-order chi connectivity index (χ1) is 9.74. The van der Waals surface area contributed by atoms with Crippen LogP contribution in [-0.4, -0.2) is 61.2 Å². The van der Waals surface area contributed by atoms with Crippen molar-refractivity contribution in [1.82, 2.24) is 20.2 Å². The highest BCUT2D eigenvalue weighted by Gasteiger charge is 2.39. The van der Waals surface area contributed by atoms with Crippen LogP contribution >= 0.6 is 0 Å². The molecule has 108 valence electrons. The van der Waals surface area contributed by atoms with Crippen LogP contribution < -0.4 is 14.8 Å². The SMILES string of the molecule is COc1ncnc(OC)c1C(=O)N1C[C@H]2CNC[C@H]2C1. The number of rotatable bonds is 3. The van der Waals surface area contributed by atoms with Crippen molar-refractivity contribution >= 4 is 5.91 Å². The summed E-state index contributed by atoms with van der Waals surface area (Å²) < 4.78 is 10.3. The number of hydrogen-bond acceptors (Lipinski definition) is 6. The lowest BCUT2D eigenvalue weighted by Crippen LogP contribution is -2.32. The molecule has 1 amide bonds. The highest BCUT2D eigenvalue weighted by atomic mass is 16.5. The summed E-state index contributed by atoms with van der Waals surface area (Å²) in [6.45, 7) is 3.48. The van der Waals surface area contributed by atoms with Crippen LogP contribution in [0.5, 0.6) is 11.8 Å². The Morgan fingerprint density at radius 2 is 1.75 bits per heavy atom. The molecule has 0 radical (unpaired) electrons. The number of nitrogens with one attached hydrogen (secondary N) is 1. The summed E-state index contributed by atoms with van der Waals surface area (Å²) in [4.78, 5) is 22.5. The van der Waals surface area contributed by atoms with Crippen molar-refractivity contribution in [1.29, 1.82) is 0 Å². The molecule has 2 atom stereocenters. The molecular formula is C13H18N4O3. The molecule has 1 N–H and O–H groups in total. The summed E-state index contributed by atoms with van der Waals surface area (Å²) in [7, 11) is 2.97. The van der Waals surface area contributed by atoms with Crippen molar-refractivity contribution in [2.45, 2.75) is 0 Å². The van der Waals surface area contributed by atoms with E-state index in [1.54, 1.807) is 0 Å². The summed E-state index contributed by atoms with van der Waals surface area (Å²) in [6.07, 6.45) is 1.33. The minimum Gasteiger partial charge on any atom is -0.480 e. The van der Waals surface area contributed by atoms with Crippen molar-refractivity contribution in [2.75, 3.05) is 40.4 Å². The van der Waals surface area contributed by atoms with E-state index in [-0.39, 0.29) is 17.7 Å². The topological polar surface area (TPSA) is 76.6 Å². The van der Waals surface area contributed by atoms with Gasteiger partial charge in [0.15, 0.2) is 5.56 Å². The number of carbonyl (C=O) groups is 1. The molecule has 2 fully saturated rings. The van der Waals surface area contributed by atoms with Gasteiger partial charge in [-0.05, 0) is 11.8 Å². The van der Waals surface area contributed by atoms with Gasteiger partial charge in [-0.25, -0.2) is 9.97 Å². The highest BCUT2D eigenvalue weighted by molar-refractivity contribution is 5.98. The van der Waals surface area contributed by atoms with E-state index < -0.39 is 0 Å². The third-order valence-corrected chi connectivity index (χ3v) is 4.05. The van der Waals surface area contributed by atoms with Gasteiger partial charge >= 0.3 is 0 Å². The van der Waals surface area contributed by atoms with Gasteiger partial charge < -0.3 is 19.7 Å². The third-order valence-electron chi connectivity index (χ3n) is 4.05. The summed E-state index contributed by atoms with van der Waals surface area (Å²) >= 11 is 0. The standard InChI is InChI=1S/C13H18N4O3/c1-19-11-10(12(20-2)16-7-15-11)13(18)17-5-8-3-14-4-9(8)6-17/h7-9,14H,3-6H2,1-2H3/t8-,9+. The van der Waals surface area contributed by atoms with Crippen molar-refractivity contribution in [3.8, 4) is 11.8 Å². The van der Waals surface area contributed by atoms with Gasteiger partial charge in [-0.1, -0.05) is 0 Å². The van der Waals surface area contributed by atoms with E-state index in [1.165, 1.54) is 20.5 Å². The Kier molecular flexibility index (Phi) is 3.43. The second-order valence-electron chi connectivity index (χ2n) is 5.16. The zero-order chi connectivity index (χ0) is 14.1. The minimum atomic E-state index is -0.117. The van der Waals surface area contributed by atoms with E-state index in [1.807, 2.05) is 4.90 Å². The molecule has 0 saturated carbocycles. The molecule has 20 heavy (non-hydrogen) atoms. The molecule has 1 aromatic rings. The number of carbonyl (C=O) groups excluding carboxylic acids is 1. The lowest BCUT2D eigenvalue weighted by molar-refractivity contribution is 0.0772. The van der Waals surface area contributed by atoms with E-state index in [2.05, 4.69) is 15.3 Å². The van der Waals surface area contributed by atoms with Gasteiger partial charge in [0.1, 0.15) is 6.33 Å². The molecule has 2 saturated heterocycles. The molecule has 1 aromatic heterocycles. The molecular weight excluding hydrogens is 260 g/mol. The normalized spacial score (nSPS) is 24.6. The van der Waals surface area contributed by atoms with E-state index in [4.69, 9.17) is 9.47 Å². The van der Waals surface area contributed by atoms with Crippen molar-refractivity contribution in [2.24, 2.45) is 11.8 Å². The van der Waals surface area contributed by atoms with E-state index in [9.17, 15) is 4.79 Å². The smallest absolute Gasteiger partial charge is 0.264 e. The number of ether oxygens (including phenoxy) is 2. The van der Waals surface area contributed by atoms with Crippen LogP contribution in [-0.2, 0) is 0 Å². The molecule has 2 aliphatic heterocycles. The molecule has 7 nitrogen and oxygen atoms in total. The molecule has 7 heteroatoms. The number of nitrogens with zero attached hydrogens (tertiary/aromatic N) is 3. The van der Waals surface area contributed by atoms with E-state index in [0.717, 1.165) is 26.2 Å². The second-order valence-corrected chi connectivity index (χ2v) is 5.16. The lowest BCUT2D eigenvalue weighted by Gasteiger charge is -2.19. The highest BCUT2D eigenvalue weighted by Crippen LogP contribution is 2.31. The van der Waals surface area contributed by atoms with Gasteiger partial charge in [0.25, 0.3) is 5.91 Å². The van der Waals surface area contributed by atoms with Gasteiger partial charge in [-0.15, -0.1) is 0 Å². The maximum absolute atomic E-state index is 12.7. The van der Waals surface area contributed by atoms with Crippen molar-refractivity contribution < 1.29 is 14.3 Å². The maximum Gasteiger partial charge on any atom is 0.264 e. The number of amides is 1. The Balaban J connectivity index is 1.87. The molecule has 0 spiro atoms. The average molecular weight is 278 g/mol. The first kappa shape index (κ1) is 13.1. The minimum absolute atomic E-state index is 0.117. The quantitative estimate of drug-likeness (QED) is 0.824. The van der Waals surface area contributed by atoms with Gasteiger partial charge in [0, 0.05) is 26.2 Å². The fourth-order valence-corrected chi connectivity index (χ4v) is 3.03. The molecule has 0 aliphatic carbocycles. The number of aromatic nitrogens is 2. The number of methoxy groups -OCH3 is 2. The number of hydrogen-bond donors (Lipinski definition) is 1. The van der Waals surface area contributed by atoms with Crippen LogP contribution in [0.2, 0.25) is 0 Å². The van der Waals surface area contributed by atoms with Crippen LogP contribution in [0.3, 0.4) is 0 Å². The number of likely N-dealkylation sites (tertiary alicyclic amines) is 1. The Morgan fingerprint density at radius 1 is 1.20 bits per heavy atom. The molecule has 0 aromatic carbocycles. The predicted octanol–water partition coefficient (Wildman–Crippen LogP) is -0.215. The van der Waals surface area contributed by atoms with E-state index in [0.29, 0.717) is 17.4 Å². The van der Waals surface area contributed by atoms with E-state index >= 15 is 0 Å². The summed E-state index contributed by atoms with van der Waals surface area (Å²) in [5.74, 6) is 1.49. The van der Waals surface area contributed by atoms with Crippen molar-refractivity contribution in [3.05, 3.63) is 11.9 Å². The van der Waals surface area contributed by atoms with Crippen molar-refractivity contribution in [3.63, 3.8) is 0 Å². The molecule has 0 unspecified atom stereocenters. The second kappa shape index (κ2) is 5.24. The third kappa shape index (κ3) is 2.07. The van der Waals surface area contributed by atoms with Gasteiger partial charge in [0.2, 0.25) is 11.8 Å². The zero-order valence-electron chi connectivity index (χ0n) is 11.6. The Labute approximate surface area is 117 Å². The maximum atomic E-state index is 12.7. The fraction of sp³-hybridized carbons (Fsp3) is 0.615. The van der Waals surface area contributed by atoms with Crippen LogP contribution in [0.15, 0.2) is 6.33 Å². The lowest BCUT2D eigenvalue weighted by atomic mass is 10.0. The summed E-state index contributed by atoms with van der Waals surface area (Å²) in [5.41, 5.74) is 0.311. The van der Waals surface area contributed by atoms with Gasteiger partial charge in [-0.2, -0.15) is 0 Å². The Hall–Kier alpha value is -1.89. The first-order valence-corrected chi connectivity index (χ1v) is 6.67. The average Bonchev–Trinajstić information content (AvgIpc) is 3.06. The number of fused-ring (bicyclic) bond motifs is 1. The summed E-state index contributed by atoms with van der Waals surface area (Å²) in [5, 5.41) is 3.36. The zero-order valence-corrected chi connectivity index (χ0v) is 11.6. The van der Waals surface area contributed by atoms with Crippen LogP contribution in [0.4, 0.5) is 0 Å². The fourth-order valence-electron chi connectivity index (χ4n) is 3.03. The Morgan fingerprint density at radius 3 is 2.25 bits per heavy atom. The van der Waals surface area contributed by atoms with Crippen LogP contribution in [0, 0.1) is 11.8 Å². The Bertz CT molecular complexity index is 488. The van der Waals surface area contributed by atoms with Gasteiger partial charge in [0.05, 0.1) is 14.2 Å². The predicted molar refractivity (Wildman–Crippen MR) is 70.9 cm³/mol. The van der Waals surface area contributed by atoms with Crippen LogP contribution in [0.25, 0.3) is 0 Å². The summed E-state index contributed by atoms with van der Waals surface area (Å²) in [6, 6.07) is 0. The molecule has 3 rings (SSSR count). The van der Waals surface area contributed by atoms with Gasteiger partial charge in [-0.3, -0.25) is 4.79 Å². The van der Waals surface area contributed by atoms with Crippen LogP contribution in [0.1, 0.15) is 10.4 Å². The largest absolute Gasteiger partial charge is 0.480 e.